The maximum absolute atomic E-state index is 3.84. The fourth-order valence-electron chi connectivity index (χ4n) is 2.03. The summed E-state index contributed by atoms with van der Waals surface area (Å²) in [7, 11) is 0. The second-order valence-electron chi connectivity index (χ2n) is 4.59. The molecule has 1 fully saturated rings. The monoisotopic (exact) mass is 220 g/mol. The lowest BCUT2D eigenvalue weighted by atomic mass is 10.2. The van der Waals surface area contributed by atoms with Gasteiger partial charge >= 0.3 is 0 Å². The van der Waals surface area contributed by atoms with Crippen molar-refractivity contribution in [2.45, 2.75) is 19.9 Å². The predicted octanol–water partition coefficient (Wildman–Crippen LogP) is 2.31. The van der Waals surface area contributed by atoms with E-state index in [1.165, 1.54) is 18.7 Å². The summed E-state index contributed by atoms with van der Waals surface area (Å²) in [6.07, 6.45) is 5.81. The van der Waals surface area contributed by atoms with Crippen molar-refractivity contribution in [2.24, 2.45) is 0 Å². The van der Waals surface area contributed by atoms with E-state index >= 15 is 0 Å². The molecule has 0 amide bonds. The minimum Gasteiger partial charge on any atom is -0.298 e. The first kappa shape index (κ1) is 13.2. The Morgan fingerprint density at radius 2 is 1.81 bits per heavy atom. The van der Waals surface area contributed by atoms with Crippen LogP contribution in [0.25, 0.3) is 0 Å². The molecule has 0 spiro atoms. The zero-order chi connectivity index (χ0) is 12.0. The molecule has 1 aliphatic rings. The molecule has 0 aromatic rings. The van der Waals surface area contributed by atoms with Crippen molar-refractivity contribution in [2.75, 3.05) is 32.7 Å². The van der Waals surface area contributed by atoms with Crippen LogP contribution in [0.1, 0.15) is 13.8 Å². The Morgan fingerprint density at radius 3 is 2.25 bits per heavy atom. The van der Waals surface area contributed by atoms with E-state index in [4.69, 9.17) is 0 Å². The number of rotatable bonds is 5. The molecular formula is C14H24N2. The van der Waals surface area contributed by atoms with Crippen LogP contribution < -0.4 is 0 Å². The van der Waals surface area contributed by atoms with Crippen molar-refractivity contribution >= 4 is 0 Å². The summed E-state index contributed by atoms with van der Waals surface area (Å²) in [4.78, 5) is 5.01. The molecule has 90 valence electrons. The van der Waals surface area contributed by atoms with Gasteiger partial charge in [0.2, 0.25) is 0 Å². The van der Waals surface area contributed by atoms with Gasteiger partial charge in [0.15, 0.2) is 0 Å². The average molecular weight is 220 g/mol. The van der Waals surface area contributed by atoms with E-state index in [0.29, 0.717) is 6.04 Å². The Balaban J connectivity index is 2.39. The average Bonchev–Trinajstić information content (AvgIpc) is 2.29. The van der Waals surface area contributed by atoms with Gasteiger partial charge in [-0.25, -0.2) is 0 Å². The lowest BCUT2D eigenvalue weighted by molar-refractivity contribution is 0.115. The first-order chi connectivity index (χ1) is 7.67. The van der Waals surface area contributed by atoms with Crippen LogP contribution in [0.2, 0.25) is 0 Å². The molecular weight excluding hydrogens is 196 g/mol. The summed E-state index contributed by atoms with van der Waals surface area (Å²) in [5, 5.41) is 0. The largest absolute Gasteiger partial charge is 0.298 e. The number of allylic oxidation sites excluding steroid dienone is 2. The zero-order valence-corrected chi connectivity index (χ0v) is 10.7. The van der Waals surface area contributed by atoms with Crippen LogP contribution >= 0.6 is 0 Å². The minimum atomic E-state index is 0.671. The van der Waals surface area contributed by atoms with Gasteiger partial charge < -0.3 is 0 Å². The molecule has 16 heavy (non-hydrogen) atoms. The molecule has 0 aliphatic carbocycles. The Labute approximate surface area is 99.9 Å². The van der Waals surface area contributed by atoms with Crippen molar-refractivity contribution in [3.63, 3.8) is 0 Å². The van der Waals surface area contributed by atoms with E-state index in [1.54, 1.807) is 0 Å². The summed E-state index contributed by atoms with van der Waals surface area (Å²) >= 11 is 0. The first-order valence-electron chi connectivity index (χ1n) is 6.07. The summed E-state index contributed by atoms with van der Waals surface area (Å²) in [5.41, 5.74) is 1.26. The summed E-state index contributed by atoms with van der Waals surface area (Å²) in [5.74, 6) is 0. The van der Waals surface area contributed by atoms with Gasteiger partial charge in [-0.15, -0.1) is 0 Å². The van der Waals surface area contributed by atoms with Gasteiger partial charge in [0.25, 0.3) is 0 Å². The first-order valence-corrected chi connectivity index (χ1v) is 6.07. The van der Waals surface area contributed by atoms with Crippen molar-refractivity contribution in [3.05, 3.63) is 37.0 Å². The molecule has 1 heterocycles. The van der Waals surface area contributed by atoms with Gasteiger partial charge in [0, 0.05) is 38.8 Å². The lowest BCUT2D eigenvalue weighted by Gasteiger charge is -2.37. The highest BCUT2D eigenvalue weighted by molar-refractivity contribution is 5.22. The second-order valence-corrected chi connectivity index (χ2v) is 4.59. The maximum Gasteiger partial charge on any atom is 0.0234 e. The second kappa shape index (κ2) is 6.66. The molecule has 0 N–H and O–H groups in total. The number of nitrogens with zero attached hydrogens (tertiary/aromatic N) is 2. The quantitative estimate of drug-likeness (QED) is 0.656. The van der Waals surface area contributed by atoms with E-state index in [-0.39, 0.29) is 0 Å². The van der Waals surface area contributed by atoms with Crippen LogP contribution in [0.4, 0.5) is 0 Å². The van der Waals surface area contributed by atoms with Gasteiger partial charge in [0.1, 0.15) is 0 Å². The third-order valence-corrected chi connectivity index (χ3v) is 3.14. The lowest BCUT2D eigenvalue weighted by Crippen LogP contribution is -2.49. The van der Waals surface area contributed by atoms with Crippen LogP contribution in [0.3, 0.4) is 0 Å². The third kappa shape index (κ3) is 3.95. The molecule has 2 nitrogen and oxygen atoms in total. The fourth-order valence-corrected chi connectivity index (χ4v) is 2.03. The Bertz CT molecular complexity index is 258. The van der Waals surface area contributed by atoms with Gasteiger partial charge in [0.05, 0.1) is 0 Å². The Morgan fingerprint density at radius 1 is 1.19 bits per heavy atom. The number of hydrogen-bond acceptors (Lipinski definition) is 2. The van der Waals surface area contributed by atoms with Crippen molar-refractivity contribution in [1.82, 2.24) is 9.80 Å². The molecule has 0 aromatic heterocycles. The number of hydrogen-bond donors (Lipinski definition) is 0. The fraction of sp³-hybridized carbons (Fsp3) is 0.571. The molecule has 0 atom stereocenters. The van der Waals surface area contributed by atoms with Crippen molar-refractivity contribution in [1.29, 1.82) is 0 Å². The summed E-state index contributed by atoms with van der Waals surface area (Å²) < 4.78 is 0. The molecule has 0 radical (unpaired) electrons. The van der Waals surface area contributed by atoms with Crippen LogP contribution in [-0.2, 0) is 0 Å². The standard InChI is InChI=1S/C14H24N2/c1-5-7-14(6-2)12-15-8-10-16(11-9-15)13(3)4/h5-7,13H,1-2,8-12H2,3-4H3/b14-7+. The zero-order valence-electron chi connectivity index (χ0n) is 10.7. The molecule has 2 heteroatoms. The smallest absolute Gasteiger partial charge is 0.0234 e. The van der Waals surface area contributed by atoms with Gasteiger partial charge in [-0.2, -0.15) is 0 Å². The van der Waals surface area contributed by atoms with Crippen molar-refractivity contribution in [3.8, 4) is 0 Å². The minimum absolute atomic E-state index is 0.671. The van der Waals surface area contributed by atoms with Gasteiger partial charge in [-0.05, 0) is 19.4 Å². The highest BCUT2D eigenvalue weighted by Crippen LogP contribution is 2.08. The highest BCUT2D eigenvalue weighted by atomic mass is 15.3. The molecule has 0 unspecified atom stereocenters. The Kier molecular flexibility index (Phi) is 5.50. The predicted molar refractivity (Wildman–Crippen MR) is 71.6 cm³/mol. The molecule has 1 aliphatic heterocycles. The van der Waals surface area contributed by atoms with Crippen LogP contribution in [0.15, 0.2) is 37.0 Å². The van der Waals surface area contributed by atoms with Gasteiger partial charge in [-0.3, -0.25) is 9.80 Å². The summed E-state index contributed by atoms with van der Waals surface area (Å²) in [6, 6.07) is 0.671. The van der Waals surface area contributed by atoms with Gasteiger partial charge in [-0.1, -0.05) is 31.4 Å². The maximum atomic E-state index is 3.84. The Hall–Kier alpha value is -0.860. The van der Waals surface area contributed by atoms with E-state index in [2.05, 4.69) is 36.8 Å². The molecule has 1 rings (SSSR count). The van der Waals surface area contributed by atoms with E-state index in [9.17, 15) is 0 Å². The molecule has 0 aromatic carbocycles. The highest BCUT2D eigenvalue weighted by Gasteiger charge is 2.18. The van der Waals surface area contributed by atoms with E-state index in [0.717, 1.165) is 19.6 Å². The summed E-state index contributed by atoms with van der Waals surface area (Å²) in [6.45, 7) is 17.8. The third-order valence-electron chi connectivity index (χ3n) is 3.14. The molecule has 0 saturated carbocycles. The van der Waals surface area contributed by atoms with Crippen LogP contribution in [0, 0.1) is 0 Å². The normalized spacial score (nSPS) is 20.1. The van der Waals surface area contributed by atoms with Crippen LogP contribution in [-0.4, -0.2) is 48.6 Å². The SMILES string of the molecule is C=C/C=C(\C=C)CN1CCN(C(C)C)CC1. The molecule has 1 saturated heterocycles. The molecule has 0 bridgehead atoms. The van der Waals surface area contributed by atoms with E-state index < -0.39 is 0 Å². The number of piperazine rings is 1. The van der Waals surface area contributed by atoms with Crippen LogP contribution in [0.5, 0.6) is 0 Å². The van der Waals surface area contributed by atoms with Crippen molar-refractivity contribution < 1.29 is 0 Å². The van der Waals surface area contributed by atoms with E-state index in [1.807, 2.05) is 18.2 Å². The topological polar surface area (TPSA) is 6.48 Å².